The van der Waals surface area contributed by atoms with Crippen LogP contribution in [0.3, 0.4) is 0 Å². The number of nitrogens with one attached hydrogen (secondary N) is 2. The number of rotatable bonds is 3. The number of phenolic OH excluding ortho intramolecular Hbond substituents is 2. The first kappa shape index (κ1) is 13.7. The zero-order chi connectivity index (χ0) is 15.5. The zero-order valence-corrected chi connectivity index (χ0v) is 11.4. The molecule has 1 aromatic heterocycles. The second kappa shape index (κ2) is 5.61. The van der Waals surface area contributed by atoms with Gasteiger partial charge < -0.3 is 15.2 Å². The van der Waals surface area contributed by atoms with Crippen molar-refractivity contribution in [1.82, 2.24) is 10.4 Å². The summed E-state index contributed by atoms with van der Waals surface area (Å²) < 4.78 is 0. The number of nitrogens with zero attached hydrogens (tertiary/aromatic N) is 1. The number of carbonyl (C=O) groups is 1. The van der Waals surface area contributed by atoms with E-state index in [1.54, 1.807) is 6.20 Å². The van der Waals surface area contributed by atoms with Gasteiger partial charge in [0.2, 0.25) is 0 Å². The molecule has 0 aliphatic carbocycles. The summed E-state index contributed by atoms with van der Waals surface area (Å²) in [4.78, 5) is 15.0. The van der Waals surface area contributed by atoms with E-state index in [-0.39, 0.29) is 17.1 Å². The van der Waals surface area contributed by atoms with Crippen LogP contribution < -0.4 is 5.43 Å². The molecule has 2 aromatic carbocycles. The number of hydrazone groups is 1. The number of carbonyl (C=O) groups excluding carboxylic acids is 1. The van der Waals surface area contributed by atoms with Gasteiger partial charge in [-0.1, -0.05) is 18.2 Å². The maximum Gasteiger partial charge on any atom is 0.275 e. The predicted octanol–water partition coefficient (Wildman–Crippen LogP) is 2.34. The molecule has 3 aromatic rings. The van der Waals surface area contributed by atoms with E-state index in [1.807, 2.05) is 24.3 Å². The van der Waals surface area contributed by atoms with Crippen molar-refractivity contribution in [3.05, 3.63) is 59.8 Å². The van der Waals surface area contributed by atoms with E-state index < -0.39 is 5.91 Å². The largest absolute Gasteiger partial charge is 0.508 e. The Morgan fingerprint density at radius 2 is 2.00 bits per heavy atom. The van der Waals surface area contributed by atoms with Crippen LogP contribution in [0.15, 0.2) is 53.8 Å². The lowest BCUT2D eigenvalue weighted by Gasteiger charge is -2.03. The highest BCUT2D eigenvalue weighted by Gasteiger charge is 2.10. The van der Waals surface area contributed by atoms with Crippen LogP contribution >= 0.6 is 0 Å². The second-order valence-corrected chi connectivity index (χ2v) is 4.69. The summed E-state index contributed by atoms with van der Waals surface area (Å²) in [6.45, 7) is 0. The number of aromatic amines is 1. The predicted molar refractivity (Wildman–Crippen MR) is 83.1 cm³/mol. The standard InChI is InChI=1S/C16H13N3O3/c20-11-5-6-13(15(21)7-11)16(22)19-18-9-10-8-17-14-4-2-1-3-12(10)14/h1-9,17,20-21H,(H,19,22). The summed E-state index contributed by atoms with van der Waals surface area (Å²) in [7, 11) is 0. The van der Waals surface area contributed by atoms with Gasteiger partial charge in [-0.2, -0.15) is 5.10 Å². The summed E-state index contributed by atoms with van der Waals surface area (Å²) in [6, 6.07) is 11.5. The lowest BCUT2D eigenvalue weighted by molar-refractivity contribution is 0.0952. The first-order valence-corrected chi connectivity index (χ1v) is 6.56. The van der Waals surface area contributed by atoms with E-state index in [0.717, 1.165) is 22.5 Å². The monoisotopic (exact) mass is 295 g/mol. The molecule has 0 unspecified atom stereocenters. The number of para-hydroxylation sites is 1. The fourth-order valence-electron chi connectivity index (χ4n) is 2.13. The Morgan fingerprint density at radius 3 is 2.82 bits per heavy atom. The van der Waals surface area contributed by atoms with Gasteiger partial charge in [0.05, 0.1) is 11.8 Å². The lowest BCUT2D eigenvalue weighted by Crippen LogP contribution is -2.17. The SMILES string of the molecule is O=C(NN=Cc1c[nH]c2ccccc12)c1ccc(O)cc1O. The average Bonchev–Trinajstić information content (AvgIpc) is 2.90. The third-order valence-electron chi connectivity index (χ3n) is 3.22. The van der Waals surface area contributed by atoms with E-state index in [2.05, 4.69) is 15.5 Å². The Morgan fingerprint density at radius 1 is 1.18 bits per heavy atom. The van der Waals surface area contributed by atoms with Crippen LogP contribution in [0.25, 0.3) is 10.9 Å². The molecular weight excluding hydrogens is 282 g/mol. The third-order valence-corrected chi connectivity index (χ3v) is 3.22. The fourth-order valence-corrected chi connectivity index (χ4v) is 2.13. The van der Waals surface area contributed by atoms with Crippen molar-refractivity contribution in [1.29, 1.82) is 0 Å². The Bertz CT molecular complexity index is 868. The van der Waals surface area contributed by atoms with Crippen LogP contribution in [0, 0.1) is 0 Å². The Balaban J connectivity index is 1.75. The molecule has 0 saturated heterocycles. The summed E-state index contributed by atoms with van der Waals surface area (Å²) in [5.74, 6) is -0.982. The van der Waals surface area contributed by atoms with Gasteiger partial charge in [0, 0.05) is 28.7 Å². The first-order valence-electron chi connectivity index (χ1n) is 6.56. The molecule has 1 heterocycles. The molecule has 0 bridgehead atoms. The molecule has 6 heteroatoms. The molecule has 22 heavy (non-hydrogen) atoms. The number of phenols is 2. The third kappa shape index (κ3) is 2.62. The number of aromatic nitrogens is 1. The molecule has 1 amide bonds. The van der Waals surface area contributed by atoms with Gasteiger partial charge in [0.15, 0.2) is 0 Å². The highest BCUT2D eigenvalue weighted by Crippen LogP contribution is 2.22. The number of amides is 1. The van der Waals surface area contributed by atoms with Crippen LogP contribution in [0.5, 0.6) is 11.5 Å². The molecule has 0 spiro atoms. The van der Waals surface area contributed by atoms with Crippen LogP contribution in [0.4, 0.5) is 0 Å². The molecule has 0 fully saturated rings. The molecule has 0 aliphatic rings. The van der Waals surface area contributed by atoms with Crippen molar-refractivity contribution in [3.8, 4) is 11.5 Å². The van der Waals surface area contributed by atoms with Crippen molar-refractivity contribution in [3.63, 3.8) is 0 Å². The van der Waals surface area contributed by atoms with Gasteiger partial charge in [-0.25, -0.2) is 5.43 Å². The Labute approximate surface area is 125 Å². The molecule has 0 saturated carbocycles. The van der Waals surface area contributed by atoms with Crippen molar-refractivity contribution < 1.29 is 15.0 Å². The summed E-state index contributed by atoms with van der Waals surface area (Å²) in [5.41, 5.74) is 4.19. The Hall–Kier alpha value is -3.28. The molecule has 0 aliphatic heterocycles. The normalized spacial score (nSPS) is 11.1. The molecule has 6 nitrogen and oxygen atoms in total. The molecule has 0 atom stereocenters. The number of benzene rings is 2. The van der Waals surface area contributed by atoms with Gasteiger partial charge in [-0.3, -0.25) is 4.79 Å². The van der Waals surface area contributed by atoms with Crippen molar-refractivity contribution in [2.24, 2.45) is 5.10 Å². The summed E-state index contributed by atoms with van der Waals surface area (Å²) >= 11 is 0. The van der Waals surface area contributed by atoms with E-state index >= 15 is 0 Å². The topological polar surface area (TPSA) is 97.7 Å². The second-order valence-electron chi connectivity index (χ2n) is 4.69. The van der Waals surface area contributed by atoms with Gasteiger partial charge in [0.25, 0.3) is 5.91 Å². The minimum atomic E-state index is -0.561. The highest BCUT2D eigenvalue weighted by molar-refractivity contribution is 6.00. The first-order chi connectivity index (χ1) is 10.6. The number of hydrogen-bond donors (Lipinski definition) is 4. The van der Waals surface area contributed by atoms with Gasteiger partial charge in [0.1, 0.15) is 11.5 Å². The smallest absolute Gasteiger partial charge is 0.275 e. The zero-order valence-electron chi connectivity index (χ0n) is 11.4. The minimum absolute atomic E-state index is 0.0360. The maximum absolute atomic E-state index is 11.9. The van der Waals surface area contributed by atoms with Crippen LogP contribution in [0.1, 0.15) is 15.9 Å². The average molecular weight is 295 g/mol. The van der Waals surface area contributed by atoms with E-state index in [1.165, 1.54) is 18.3 Å². The molecule has 110 valence electrons. The van der Waals surface area contributed by atoms with Crippen molar-refractivity contribution >= 4 is 23.0 Å². The number of hydrogen-bond acceptors (Lipinski definition) is 4. The highest BCUT2D eigenvalue weighted by atomic mass is 16.3. The van der Waals surface area contributed by atoms with Gasteiger partial charge >= 0.3 is 0 Å². The van der Waals surface area contributed by atoms with Crippen LogP contribution in [0.2, 0.25) is 0 Å². The van der Waals surface area contributed by atoms with E-state index in [9.17, 15) is 15.0 Å². The van der Waals surface area contributed by atoms with E-state index in [0.29, 0.717) is 0 Å². The number of fused-ring (bicyclic) bond motifs is 1. The molecule has 4 N–H and O–H groups in total. The summed E-state index contributed by atoms with van der Waals surface area (Å²) in [6.07, 6.45) is 3.31. The Kier molecular flexibility index (Phi) is 3.49. The van der Waals surface area contributed by atoms with Gasteiger partial charge in [-0.05, 0) is 18.2 Å². The van der Waals surface area contributed by atoms with E-state index in [4.69, 9.17) is 0 Å². The fraction of sp³-hybridized carbons (Fsp3) is 0. The van der Waals surface area contributed by atoms with Crippen molar-refractivity contribution in [2.45, 2.75) is 0 Å². The van der Waals surface area contributed by atoms with Gasteiger partial charge in [-0.15, -0.1) is 0 Å². The minimum Gasteiger partial charge on any atom is -0.508 e. The number of aromatic hydroxyl groups is 2. The van der Waals surface area contributed by atoms with Crippen LogP contribution in [-0.4, -0.2) is 27.3 Å². The molecule has 3 rings (SSSR count). The summed E-state index contributed by atoms with van der Waals surface area (Å²) in [5, 5.41) is 23.7. The number of H-pyrrole nitrogens is 1. The van der Waals surface area contributed by atoms with Crippen molar-refractivity contribution in [2.75, 3.05) is 0 Å². The van der Waals surface area contributed by atoms with Crippen LogP contribution in [-0.2, 0) is 0 Å². The lowest BCUT2D eigenvalue weighted by atomic mass is 10.2. The maximum atomic E-state index is 11.9. The molecule has 0 radical (unpaired) electrons. The molecular formula is C16H13N3O3. The quantitative estimate of drug-likeness (QED) is 0.441.